The molecule has 130 valence electrons. The van der Waals surface area contributed by atoms with Crippen LogP contribution in [-0.4, -0.2) is 9.78 Å². The van der Waals surface area contributed by atoms with Crippen molar-refractivity contribution in [3.63, 3.8) is 0 Å². The van der Waals surface area contributed by atoms with E-state index >= 15 is 0 Å². The Hall–Kier alpha value is -0.882. The Kier molecular flexibility index (Phi) is 6.83. The maximum atomic E-state index is 4.76. The second-order valence-corrected chi connectivity index (χ2v) is 6.92. The number of hydrogen-bond donors (Lipinski definition) is 0. The first-order valence-corrected chi connectivity index (χ1v) is 8.45. The van der Waals surface area contributed by atoms with Gasteiger partial charge in [-0.15, -0.1) is 0 Å². The van der Waals surface area contributed by atoms with Gasteiger partial charge in [0, 0.05) is 38.4 Å². The maximum absolute atomic E-state index is 4.76. The van der Waals surface area contributed by atoms with Crippen LogP contribution >= 0.6 is 0 Å². The average Bonchev–Trinajstić information content (AvgIpc) is 2.74. The summed E-state index contributed by atoms with van der Waals surface area (Å²) >= 11 is 0. The van der Waals surface area contributed by atoms with Gasteiger partial charge < -0.3 is 0 Å². The topological polar surface area (TPSA) is 17.8 Å². The first-order valence-electron chi connectivity index (χ1n) is 8.45. The Labute approximate surface area is 155 Å². The molecule has 0 fully saturated rings. The summed E-state index contributed by atoms with van der Waals surface area (Å²) in [5, 5.41) is 4.76. The van der Waals surface area contributed by atoms with E-state index in [2.05, 4.69) is 72.2 Å². The average molecular weight is 494 g/mol. The number of benzene rings is 1. The van der Waals surface area contributed by atoms with Crippen LogP contribution in [0.15, 0.2) is 12.1 Å². The Bertz CT molecular complexity index is 660. The van der Waals surface area contributed by atoms with Crippen molar-refractivity contribution in [1.82, 2.24) is 9.78 Å². The van der Waals surface area contributed by atoms with Crippen LogP contribution < -0.4 is 0 Å². The van der Waals surface area contributed by atoms with E-state index in [0.717, 1.165) is 5.69 Å². The summed E-state index contributed by atoms with van der Waals surface area (Å²) in [4.78, 5) is 0. The SMILES string of the molecule is CCC(C)c1cc(C)c(-c2c(C)nn(C(C)C)c2C)c(C)c1.[Pt]. The second-order valence-electron chi connectivity index (χ2n) is 6.92. The molecule has 0 saturated carbocycles. The first kappa shape index (κ1) is 20.2. The van der Waals surface area contributed by atoms with Crippen molar-refractivity contribution in [2.45, 2.75) is 73.8 Å². The van der Waals surface area contributed by atoms with Gasteiger partial charge in [0.15, 0.2) is 0 Å². The first-order chi connectivity index (χ1) is 10.3. The van der Waals surface area contributed by atoms with Gasteiger partial charge in [0.2, 0.25) is 0 Å². The third-order valence-corrected chi connectivity index (χ3v) is 4.80. The molecule has 0 radical (unpaired) electrons. The normalized spacial score (nSPS) is 12.4. The fourth-order valence-electron chi connectivity index (χ4n) is 3.44. The molecule has 2 nitrogen and oxygen atoms in total. The van der Waals surface area contributed by atoms with E-state index in [9.17, 15) is 0 Å². The molecule has 0 aliphatic carbocycles. The van der Waals surface area contributed by atoms with E-state index in [0.29, 0.717) is 12.0 Å². The minimum absolute atomic E-state index is 0. The molecule has 0 N–H and O–H groups in total. The standard InChI is InChI=1S/C20H30N2.Pt/c1-9-13(4)18-10-14(5)19(15(6)11-18)20-16(7)21-22(12(2)3)17(20)8;/h10-13H,9H2,1-8H3;. The Morgan fingerprint density at radius 3 is 1.87 bits per heavy atom. The Morgan fingerprint density at radius 1 is 0.957 bits per heavy atom. The molecule has 1 aromatic carbocycles. The summed E-state index contributed by atoms with van der Waals surface area (Å²) in [7, 11) is 0. The molecule has 0 aliphatic heterocycles. The fourth-order valence-corrected chi connectivity index (χ4v) is 3.44. The molecule has 0 spiro atoms. The summed E-state index contributed by atoms with van der Waals surface area (Å²) in [5.74, 6) is 0.618. The van der Waals surface area contributed by atoms with Gasteiger partial charge in [-0.05, 0) is 76.1 Å². The third kappa shape index (κ3) is 3.79. The minimum Gasteiger partial charge on any atom is -0.266 e. The van der Waals surface area contributed by atoms with Crippen LogP contribution in [0.5, 0.6) is 0 Å². The molecular weight excluding hydrogens is 463 g/mol. The molecule has 23 heavy (non-hydrogen) atoms. The predicted octanol–water partition coefficient (Wildman–Crippen LogP) is 5.88. The molecule has 1 heterocycles. The number of nitrogens with zero attached hydrogens (tertiary/aromatic N) is 2. The van der Waals surface area contributed by atoms with E-state index in [4.69, 9.17) is 5.10 Å². The van der Waals surface area contributed by atoms with Gasteiger partial charge in [-0.2, -0.15) is 5.10 Å². The molecule has 3 heteroatoms. The van der Waals surface area contributed by atoms with Crippen molar-refractivity contribution in [2.24, 2.45) is 0 Å². The van der Waals surface area contributed by atoms with Crippen LogP contribution in [0.1, 0.15) is 74.2 Å². The zero-order valence-electron chi connectivity index (χ0n) is 15.7. The summed E-state index contributed by atoms with van der Waals surface area (Å²) < 4.78 is 2.14. The van der Waals surface area contributed by atoms with Gasteiger partial charge in [0.25, 0.3) is 0 Å². The van der Waals surface area contributed by atoms with Crippen LogP contribution in [0.3, 0.4) is 0 Å². The van der Waals surface area contributed by atoms with E-state index in [-0.39, 0.29) is 21.1 Å². The summed E-state index contributed by atoms with van der Waals surface area (Å²) in [5.41, 5.74) is 9.28. The molecule has 2 rings (SSSR count). The molecule has 1 atom stereocenters. The monoisotopic (exact) mass is 493 g/mol. The van der Waals surface area contributed by atoms with Gasteiger partial charge >= 0.3 is 0 Å². The molecule has 1 unspecified atom stereocenters. The molecule has 1 aromatic heterocycles. The maximum Gasteiger partial charge on any atom is 0.0675 e. The molecule has 2 aromatic rings. The van der Waals surface area contributed by atoms with Crippen LogP contribution in [0, 0.1) is 27.7 Å². The van der Waals surface area contributed by atoms with Gasteiger partial charge in [-0.3, -0.25) is 4.68 Å². The summed E-state index contributed by atoms with van der Waals surface area (Å²) in [6.07, 6.45) is 1.18. The van der Waals surface area contributed by atoms with Crippen LogP contribution in [0.2, 0.25) is 0 Å². The van der Waals surface area contributed by atoms with Gasteiger partial charge in [-0.1, -0.05) is 26.0 Å². The van der Waals surface area contributed by atoms with Crippen LogP contribution in [0.25, 0.3) is 11.1 Å². The van der Waals surface area contributed by atoms with Gasteiger partial charge in [0.05, 0.1) is 5.69 Å². The van der Waals surface area contributed by atoms with E-state index in [1.807, 2.05) is 0 Å². The number of aryl methyl sites for hydroxylation is 3. The zero-order chi connectivity index (χ0) is 16.6. The van der Waals surface area contributed by atoms with E-state index < -0.39 is 0 Å². The van der Waals surface area contributed by atoms with Crippen molar-refractivity contribution >= 4 is 0 Å². The van der Waals surface area contributed by atoms with Crippen LogP contribution in [0.4, 0.5) is 0 Å². The third-order valence-electron chi connectivity index (χ3n) is 4.80. The van der Waals surface area contributed by atoms with E-state index in [1.54, 1.807) is 0 Å². The van der Waals surface area contributed by atoms with E-state index in [1.165, 1.54) is 39.9 Å². The number of rotatable bonds is 4. The zero-order valence-corrected chi connectivity index (χ0v) is 18.0. The minimum atomic E-state index is 0. The predicted molar refractivity (Wildman–Crippen MR) is 95.7 cm³/mol. The molecule has 0 aliphatic rings. The quantitative estimate of drug-likeness (QED) is 0.521. The fraction of sp³-hybridized carbons (Fsp3) is 0.550. The van der Waals surface area contributed by atoms with Crippen LogP contribution in [-0.2, 0) is 21.1 Å². The van der Waals surface area contributed by atoms with Gasteiger partial charge in [-0.25, -0.2) is 0 Å². The van der Waals surface area contributed by atoms with Crippen molar-refractivity contribution in [2.75, 3.05) is 0 Å². The smallest absolute Gasteiger partial charge is 0.0675 e. The van der Waals surface area contributed by atoms with Gasteiger partial charge in [0.1, 0.15) is 0 Å². The Balaban J connectivity index is 0.00000264. The molecular formula is C20H30N2Pt. The van der Waals surface area contributed by atoms with Crippen molar-refractivity contribution in [1.29, 1.82) is 0 Å². The largest absolute Gasteiger partial charge is 0.266 e. The second kappa shape index (κ2) is 7.79. The summed E-state index contributed by atoms with van der Waals surface area (Å²) in [6, 6.07) is 5.12. The number of aromatic nitrogens is 2. The van der Waals surface area contributed by atoms with Crippen molar-refractivity contribution in [3.05, 3.63) is 40.2 Å². The summed E-state index contributed by atoms with van der Waals surface area (Å²) in [6.45, 7) is 17.7. The van der Waals surface area contributed by atoms with Crippen molar-refractivity contribution in [3.8, 4) is 11.1 Å². The number of hydrogen-bond acceptors (Lipinski definition) is 1. The molecule has 0 bridgehead atoms. The molecule has 0 saturated heterocycles. The van der Waals surface area contributed by atoms with Crippen molar-refractivity contribution < 1.29 is 21.1 Å². The molecule has 0 amide bonds. The Morgan fingerprint density at radius 2 is 1.48 bits per heavy atom.